The number of rotatable bonds is 4. The van der Waals surface area contributed by atoms with Gasteiger partial charge in [-0.1, -0.05) is 42.0 Å². The van der Waals surface area contributed by atoms with Gasteiger partial charge in [-0.3, -0.25) is 0 Å². The molecular formula is C17H19N3. The van der Waals surface area contributed by atoms with Crippen LogP contribution < -0.4 is 5.32 Å². The molecule has 0 atom stereocenters. The van der Waals surface area contributed by atoms with Crippen molar-refractivity contribution >= 4 is 17.0 Å². The van der Waals surface area contributed by atoms with Gasteiger partial charge in [0.25, 0.3) is 0 Å². The number of nitrogens with one attached hydrogen (secondary N) is 1. The summed E-state index contributed by atoms with van der Waals surface area (Å²) in [5.74, 6) is 0.929. The largest absolute Gasteiger partial charge is 0.355 e. The third kappa shape index (κ3) is 2.52. The maximum atomic E-state index is 4.61. The predicted octanol–water partition coefficient (Wildman–Crippen LogP) is 3.54. The van der Waals surface area contributed by atoms with Gasteiger partial charge < -0.3 is 9.88 Å². The molecule has 0 fully saturated rings. The Labute approximate surface area is 119 Å². The summed E-state index contributed by atoms with van der Waals surface area (Å²) in [5, 5.41) is 3.42. The fraction of sp³-hybridized carbons (Fsp3) is 0.235. The molecule has 20 heavy (non-hydrogen) atoms. The minimum atomic E-state index is 0.889. The highest BCUT2D eigenvalue weighted by Gasteiger charge is 2.05. The molecule has 2 aromatic carbocycles. The first-order chi connectivity index (χ1) is 9.74. The molecule has 3 aromatic rings. The van der Waals surface area contributed by atoms with Gasteiger partial charge in [0.1, 0.15) is 0 Å². The Kier molecular flexibility index (Phi) is 3.42. The highest BCUT2D eigenvalue weighted by Crippen LogP contribution is 2.17. The first-order valence-corrected chi connectivity index (χ1v) is 6.95. The lowest BCUT2D eigenvalue weighted by molar-refractivity contribution is 0.912. The molecule has 1 N–H and O–H groups in total. The fourth-order valence-electron chi connectivity index (χ4n) is 2.38. The van der Waals surface area contributed by atoms with E-state index in [1.54, 1.807) is 0 Å². The number of para-hydroxylation sites is 2. The summed E-state index contributed by atoms with van der Waals surface area (Å²) in [7, 11) is 2.05. The second-order valence-corrected chi connectivity index (χ2v) is 5.15. The Balaban J connectivity index is 1.68. The maximum Gasteiger partial charge on any atom is 0.203 e. The van der Waals surface area contributed by atoms with Gasteiger partial charge in [-0.25, -0.2) is 4.98 Å². The van der Waals surface area contributed by atoms with Crippen LogP contribution in [0, 0.1) is 6.92 Å². The SMILES string of the molecule is Cc1ccc(CCNc2nc3ccccc3n2C)cc1. The van der Waals surface area contributed by atoms with E-state index in [0.29, 0.717) is 0 Å². The zero-order valence-corrected chi connectivity index (χ0v) is 11.9. The molecular weight excluding hydrogens is 246 g/mol. The number of anilines is 1. The summed E-state index contributed by atoms with van der Waals surface area (Å²) in [6, 6.07) is 16.9. The number of imidazole rings is 1. The van der Waals surface area contributed by atoms with Gasteiger partial charge in [0, 0.05) is 13.6 Å². The van der Waals surface area contributed by atoms with Crippen molar-refractivity contribution in [3.8, 4) is 0 Å². The lowest BCUT2D eigenvalue weighted by Gasteiger charge is -2.06. The topological polar surface area (TPSA) is 29.9 Å². The van der Waals surface area contributed by atoms with E-state index >= 15 is 0 Å². The molecule has 0 bridgehead atoms. The average Bonchev–Trinajstić information content (AvgIpc) is 2.78. The second kappa shape index (κ2) is 5.37. The molecule has 0 unspecified atom stereocenters. The third-order valence-corrected chi connectivity index (χ3v) is 3.60. The second-order valence-electron chi connectivity index (χ2n) is 5.15. The van der Waals surface area contributed by atoms with E-state index < -0.39 is 0 Å². The van der Waals surface area contributed by atoms with E-state index in [1.165, 1.54) is 11.1 Å². The van der Waals surface area contributed by atoms with Gasteiger partial charge >= 0.3 is 0 Å². The summed E-state index contributed by atoms with van der Waals surface area (Å²) < 4.78 is 2.10. The highest BCUT2D eigenvalue weighted by molar-refractivity contribution is 5.78. The zero-order chi connectivity index (χ0) is 13.9. The summed E-state index contributed by atoms with van der Waals surface area (Å²) in [6.45, 7) is 3.00. The Hall–Kier alpha value is -2.29. The summed E-state index contributed by atoms with van der Waals surface area (Å²) in [4.78, 5) is 4.61. The third-order valence-electron chi connectivity index (χ3n) is 3.60. The van der Waals surface area contributed by atoms with E-state index in [0.717, 1.165) is 29.9 Å². The molecule has 0 saturated carbocycles. The molecule has 0 saturated heterocycles. The predicted molar refractivity (Wildman–Crippen MR) is 84.1 cm³/mol. The van der Waals surface area contributed by atoms with Crippen molar-refractivity contribution in [3.63, 3.8) is 0 Å². The number of benzene rings is 2. The number of hydrogen-bond acceptors (Lipinski definition) is 2. The van der Waals surface area contributed by atoms with Gasteiger partial charge in [-0.2, -0.15) is 0 Å². The van der Waals surface area contributed by atoms with Gasteiger partial charge in [-0.15, -0.1) is 0 Å². The van der Waals surface area contributed by atoms with Crippen molar-refractivity contribution in [3.05, 3.63) is 59.7 Å². The van der Waals surface area contributed by atoms with Crippen LogP contribution in [0.3, 0.4) is 0 Å². The van der Waals surface area contributed by atoms with Crippen LogP contribution >= 0.6 is 0 Å². The molecule has 0 aliphatic heterocycles. The van der Waals surface area contributed by atoms with Crippen molar-refractivity contribution in [2.24, 2.45) is 7.05 Å². The monoisotopic (exact) mass is 265 g/mol. The van der Waals surface area contributed by atoms with Crippen LogP contribution in [0.15, 0.2) is 48.5 Å². The number of nitrogens with zero attached hydrogens (tertiary/aromatic N) is 2. The number of aromatic nitrogens is 2. The highest BCUT2D eigenvalue weighted by atomic mass is 15.2. The quantitative estimate of drug-likeness (QED) is 0.782. The van der Waals surface area contributed by atoms with E-state index in [4.69, 9.17) is 0 Å². The van der Waals surface area contributed by atoms with Crippen LogP contribution in [0.5, 0.6) is 0 Å². The first-order valence-electron chi connectivity index (χ1n) is 6.95. The Morgan fingerprint density at radius 1 is 1.05 bits per heavy atom. The lowest BCUT2D eigenvalue weighted by Crippen LogP contribution is -2.08. The average molecular weight is 265 g/mol. The number of aryl methyl sites for hydroxylation is 2. The minimum absolute atomic E-state index is 0.889. The molecule has 102 valence electrons. The molecule has 3 heteroatoms. The standard InChI is InChI=1S/C17H19N3/c1-13-7-9-14(10-8-13)11-12-18-17-19-15-5-3-4-6-16(15)20(17)2/h3-10H,11-12H2,1-2H3,(H,18,19). The van der Waals surface area contributed by atoms with Crippen LogP contribution in [-0.2, 0) is 13.5 Å². The zero-order valence-electron chi connectivity index (χ0n) is 11.9. The summed E-state index contributed by atoms with van der Waals surface area (Å²) in [6.07, 6.45) is 1.00. The summed E-state index contributed by atoms with van der Waals surface area (Å²) in [5.41, 5.74) is 4.84. The lowest BCUT2D eigenvalue weighted by atomic mass is 10.1. The van der Waals surface area contributed by atoms with Crippen LogP contribution in [0.4, 0.5) is 5.95 Å². The van der Waals surface area contributed by atoms with Crippen LogP contribution in [0.1, 0.15) is 11.1 Å². The number of hydrogen-bond donors (Lipinski definition) is 1. The van der Waals surface area contributed by atoms with E-state index in [2.05, 4.69) is 52.1 Å². The summed E-state index contributed by atoms with van der Waals surface area (Å²) >= 11 is 0. The molecule has 0 aliphatic rings. The molecule has 3 rings (SSSR count). The Morgan fingerprint density at radius 3 is 2.55 bits per heavy atom. The molecule has 0 aliphatic carbocycles. The minimum Gasteiger partial charge on any atom is -0.355 e. The van der Waals surface area contributed by atoms with Gasteiger partial charge in [0.2, 0.25) is 5.95 Å². The Bertz CT molecular complexity index is 711. The number of fused-ring (bicyclic) bond motifs is 1. The van der Waals surface area contributed by atoms with E-state index in [9.17, 15) is 0 Å². The van der Waals surface area contributed by atoms with Crippen molar-refractivity contribution in [1.82, 2.24) is 9.55 Å². The normalized spacial score (nSPS) is 10.9. The molecule has 0 spiro atoms. The Morgan fingerprint density at radius 2 is 1.80 bits per heavy atom. The molecule has 3 nitrogen and oxygen atoms in total. The first kappa shape index (κ1) is 12.7. The molecule has 1 aromatic heterocycles. The molecule has 1 heterocycles. The molecule has 0 radical (unpaired) electrons. The van der Waals surface area contributed by atoms with Crippen LogP contribution in [-0.4, -0.2) is 16.1 Å². The van der Waals surface area contributed by atoms with Crippen molar-refractivity contribution < 1.29 is 0 Å². The van der Waals surface area contributed by atoms with Crippen molar-refractivity contribution in [2.45, 2.75) is 13.3 Å². The molecule has 0 amide bonds. The van der Waals surface area contributed by atoms with E-state index in [1.807, 2.05) is 25.2 Å². The van der Waals surface area contributed by atoms with E-state index in [-0.39, 0.29) is 0 Å². The van der Waals surface area contributed by atoms with Crippen molar-refractivity contribution in [2.75, 3.05) is 11.9 Å². The smallest absolute Gasteiger partial charge is 0.203 e. The maximum absolute atomic E-state index is 4.61. The van der Waals surface area contributed by atoms with Gasteiger partial charge in [0.05, 0.1) is 11.0 Å². The van der Waals surface area contributed by atoms with Gasteiger partial charge in [0.15, 0.2) is 0 Å². The van der Waals surface area contributed by atoms with Crippen molar-refractivity contribution in [1.29, 1.82) is 0 Å². The van der Waals surface area contributed by atoms with Crippen LogP contribution in [0.2, 0.25) is 0 Å². The van der Waals surface area contributed by atoms with Crippen LogP contribution in [0.25, 0.3) is 11.0 Å². The fourth-order valence-corrected chi connectivity index (χ4v) is 2.38. The van der Waals surface area contributed by atoms with Gasteiger partial charge in [-0.05, 0) is 31.0 Å².